The minimum absolute atomic E-state index is 0.343. The highest BCUT2D eigenvalue weighted by molar-refractivity contribution is 5.55. The highest BCUT2D eigenvalue weighted by Crippen LogP contribution is 2.30. The smallest absolute Gasteiger partial charge is 0.162 e. The standard InChI is InChI=1S/C17H21NO2/c1-13(11-14-7-5-4-6-8-14)18-15-9-10-16(19-2)17(12-15)20-3/h4-10,12-13,18H,11H2,1-3H3. The number of methoxy groups -OCH3 is 2. The molecule has 2 aromatic rings. The third-order valence-electron chi connectivity index (χ3n) is 3.18. The molecule has 0 amide bonds. The van der Waals surface area contributed by atoms with Gasteiger partial charge in [0.1, 0.15) is 0 Å². The first-order valence-electron chi connectivity index (χ1n) is 6.75. The molecule has 0 saturated heterocycles. The second kappa shape index (κ2) is 6.85. The minimum atomic E-state index is 0.343. The van der Waals surface area contributed by atoms with Crippen molar-refractivity contribution in [3.8, 4) is 11.5 Å². The molecule has 0 radical (unpaired) electrons. The van der Waals surface area contributed by atoms with Crippen molar-refractivity contribution in [1.29, 1.82) is 0 Å². The maximum Gasteiger partial charge on any atom is 0.162 e. The largest absolute Gasteiger partial charge is 0.493 e. The van der Waals surface area contributed by atoms with Crippen LogP contribution in [0.4, 0.5) is 5.69 Å². The lowest BCUT2D eigenvalue weighted by molar-refractivity contribution is 0.355. The van der Waals surface area contributed by atoms with E-state index in [2.05, 4.69) is 36.5 Å². The summed E-state index contributed by atoms with van der Waals surface area (Å²) in [7, 11) is 3.29. The summed E-state index contributed by atoms with van der Waals surface area (Å²) in [5, 5.41) is 3.48. The Balaban J connectivity index is 2.02. The molecule has 0 heterocycles. The van der Waals surface area contributed by atoms with Gasteiger partial charge in [0.25, 0.3) is 0 Å². The van der Waals surface area contributed by atoms with Crippen LogP contribution in [0.1, 0.15) is 12.5 Å². The first-order chi connectivity index (χ1) is 9.72. The summed E-state index contributed by atoms with van der Waals surface area (Å²) in [6, 6.07) is 16.7. The molecule has 3 heteroatoms. The van der Waals surface area contributed by atoms with Crippen LogP contribution in [-0.2, 0) is 6.42 Å². The van der Waals surface area contributed by atoms with Crippen LogP contribution in [0.2, 0.25) is 0 Å². The van der Waals surface area contributed by atoms with Crippen molar-refractivity contribution < 1.29 is 9.47 Å². The van der Waals surface area contributed by atoms with Gasteiger partial charge in [-0.05, 0) is 31.0 Å². The fourth-order valence-electron chi connectivity index (χ4n) is 2.23. The summed E-state index contributed by atoms with van der Waals surface area (Å²) >= 11 is 0. The third-order valence-corrected chi connectivity index (χ3v) is 3.18. The van der Waals surface area contributed by atoms with Gasteiger partial charge in [-0.2, -0.15) is 0 Å². The van der Waals surface area contributed by atoms with Crippen LogP contribution in [-0.4, -0.2) is 20.3 Å². The normalized spacial score (nSPS) is 11.8. The van der Waals surface area contributed by atoms with Gasteiger partial charge in [0.15, 0.2) is 11.5 Å². The molecular weight excluding hydrogens is 250 g/mol. The van der Waals surface area contributed by atoms with Gasteiger partial charge in [0.05, 0.1) is 14.2 Å². The molecule has 2 rings (SSSR count). The first-order valence-corrected chi connectivity index (χ1v) is 6.75. The third kappa shape index (κ3) is 3.67. The van der Waals surface area contributed by atoms with E-state index in [0.717, 1.165) is 23.6 Å². The lowest BCUT2D eigenvalue weighted by Crippen LogP contribution is -2.18. The van der Waals surface area contributed by atoms with Crippen molar-refractivity contribution in [2.75, 3.05) is 19.5 Å². The number of hydrogen-bond donors (Lipinski definition) is 1. The number of hydrogen-bond acceptors (Lipinski definition) is 3. The average Bonchev–Trinajstić information content (AvgIpc) is 2.48. The van der Waals surface area contributed by atoms with Crippen LogP contribution < -0.4 is 14.8 Å². The molecule has 0 spiro atoms. The Hall–Kier alpha value is -2.16. The molecule has 0 saturated carbocycles. The molecule has 0 aliphatic carbocycles. The molecule has 0 fully saturated rings. The van der Waals surface area contributed by atoms with Gasteiger partial charge >= 0.3 is 0 Å². The summed E-state index contributed by atoms with van der Waals surface area (Å²) < 4.78 is 10.6. The highest BCUT2D eigenvalue weighted by Gasteiger charge is 2.07. The zero-order chi connectivity index (χ0) is 14.4. The van der Waals surface area contributed by atoms with Crippen molar-refractivity contribution in [2.45, 2.75) is 19.4 Å². The lowest BCUT2D eigenvalue weighted by atomic mass is 10.1. The fraction of sp³-hybridized carbons (Fsp3) is 0.294. The van der Waals surface area contributed by atoms with E-state index in [9.17, 15) is 0 Å². The monoisotopic (exact) mass is 271 g/mol. The van der Waals surface area contributed by atoms with Gasteiger partial charge in [-0.25, -0.2) is 0 Å². The number of rotatable bonds is 6. The molecule has 0 aliphatic rings. The topological polar surface area (TPSA) is 30.5 Å². The van der Waals surface area contributed by atoms with Gasteiger partial charge in [-0.3, -0.25) is 0 Å². The summed E-state index contributed by atoms with van der Waals surface area (Å²) in [6.07, 6.45) is 0.981. The van der Waals surface area contributed by atoms with Crippen molar-refractivity contribution in [1.82, 2.24) is 0 Å². The van der Waals surface area contributed by atoms with E-state index < -0.39 is 0 Å². The second-order valence-electron chi connectivity index (χ2n) is 4.80. The van der Waals surface area contributed by atoms with Crippen molar-refractivity contribution in [2.24, 2.45) is 0 Å². The Morgan fingerprint density at radius 1 is 0.950 bits per heavy atom. The van der Waals surface area contributed by atoms with Crippen LogP contribution in [0.3, 0.4) is 0 Å². The van der Waals surface area contributed by atoms with E-state index in [4.69, 9.17) is 9.47 Å². The summed E-state index contributed by atoms with van der Waals surface area (Å²) in [6.45, 7) is 2.17. The van der Waals surface area contributed by atoms with Crippen LogP contribution in [0, 0.1) is 0 Å². The maximum atomic E-state index is 5.31. The second-order valence-corrected chi connectivity index (χ2v) is 4.80. The van der Waals surface area contributed by atoms with Crippen LogP contribution >= 0.6 is 0 Å². The molecule has 20 heavy (non-hydrogen) atoms. The maximum absolute atomic E-state index is 5.31. The van der Waals surface area contributed by atoms with Crippen molar-refractivity contribution in [3.63, 3.8) is 0 Å². The van der Waals surface area contributed by atoms with Gasteiger partial charge in [0.2, 0.25) is 0 Å². The van der Waals surface area contributed by atoms with E-state index in [1.807, 2.05) is 24.3 Å². The van der Waals surface area contributed by atoms with E-state index in [-0.39, 0.29) is 0 Å². The molecule has 2 aromatic carbocycles. The quantitative estimate of drug-likeness (QED) is 0.868. The molecule has 1 N–H and O–H groups in total. The Morgan fingerprint density at radius 3 is 2.30 bits per heavy atom. The van der Waals surface area contributed by atoms with Crippen molar-refractivity contribution >= 4 is 5.69 Å². The zero-order valence-electron chi connectivity index (χ0n) is 12.2. The number of benzene rings is 2. The zero-order valence-corrected chi connectivity index (χ0v) is 12.2. The Labute approximate surface area is 120 Å². The molecule has 1 atom stereocenters. The number of anilines is 1. The van der Waals surface area contributed by atoms with Gasteiger partial charge in [0, 0.05) is 17.8 Å². The SMILES string of the molecule is COc1ccc(NC(C)Cc2ccccc2)cc1OC. The average molecular weight is 271 g/mol. The molecule has 3 nitrogen and oxygen atoms in total. The summed E-state index contributed by atoms with van der Waals surface area (Å²) in [5.41, 5.74) is 2.36. The van der Waals surface area contributed by atoms with Gasteiger partial charge < -0.3 is 14.8 Å². The van der Waals surface area contributed by atoms with Crippen molar-refractivity contribution in [3.05, 3.63) is 54.1 Å². The van der Waals surface area contributed by atoms with Gasteiger partial charge in [-0.15, -0.1) is 0 Å². The predicted octanol–water partition coefficient (Wildman–Crippen LogP) is 3.75. The predicted molar refractivity (Wildman–Crippen MR) is 82.8 cm³/mol. The van der Waals surface area contributed by atoms with E-state index in [0.29, 0.717) is 6.04 Å². The molecule has 0 aromatic heterocycles. The van der Waals surface area contributed by atoms with Gasteiger partial charge in [-0.1, -0.05) is 30.3 Å². The Morgan fingerprint density at radius 2 is 1.65 bits per heavy atom. The molecule has 0 aliphatic heterocycles. The summed E-state index contributed by atoms with van der Waals surface area (Å²) in [4.78, 5) is 0. The molecule has 1 unspecified atom stereocenters. The number of ether oxygens (including phenoxy) is 2. The van der Waals surface area contributed by atoms with E-state index in [1.54, 1.807) is 14.2 Å². The molecule has 106 valence electrons. The Kier molecular flexibility index (Phi) is 4.88. The Bertz CT molecular complexity index is 540. The fourth-order valence-corrected chi connectivity index (χ4v) is 2.23. The minimum Gasteiger partial charge on any atom is -0.493 e. The molecule has 0 bridgehead atoms. The highest BCUT2D eigenvalue weighted by atomic mass is 16.5. The lowest BCUT2D eigenvalue weighted by Gasteiger charge is -2.17. The van der Waals surface area contributed by atoms with Crippen LogP contribution in [0.5, 0.6) is 11.5 Å². The first kappa shape index (κ1) is 14.3. The van der Waals surface area contributed by atoms with E-state index in [1.165, 1.54) is 5.56 Å². The van der Waals surface area contributed by atoms with Crippen LogP contribution in [0.15, 0.2) is 48.5 Å². The summed E-state index contributed by atoms with van der Waals surface area (Å²) in [5.74, 6) is 1.48. The molecular formula is C17H21NO2. The van der Waals surface area contributed by atoms with E-state index >= 15 is 0 Å². The number of nitrogens with one attached hydrogen (secondary N) is 1. The van der Waals surface area contributed by atoms with Crippen LogP contribution in [0.25, 0.3) is 0 Å².